The second-order valence-electron chi connectivity index (χ2n) is 10.1. The lowest BCUT2D eigenvalue weighted by Gasteiger charge is -2.42. The maximum atomic E-state index is 16.1. The molecule has 1 saturated heterocycles. The number of carboxylic acids is 1. The van der Waals surface area contributed by atoms with Crippen LogP contribution in [0.15, 0.2) is 60.7 Å². The Morgan fingerprint density at radius 1 is 1.02 bits per heavy atom. The average molecular weight is 586 g/mol. The normalized spacial score (nSPS) is 20.7. The fraction of sp³-hybridized carbons (Fsp3) is 0.300. The molecule has 40 heavy (non-hydrogen) atoms. The van der Waals surface area contributed by atoms with Gasteiger partial charge in [-0.3, -0.25) is 19.3 Å². The lowest BCUT2D eigenvalue weighted by Crippen LogP contribution is -2.49. The van der Waals surface area contributed by atoms with Crippen LogP contribution in [-0.4, -0.2) is 46.0 Å². The van der Waals surface area contributed by atoms with E-state index in [0.717, 1.165) is 11.0 Å². The second-order valence-corrected chi connectivity index (χ2v) is 11.0. The van der Waals surface area contributed by atoms with Crippen molar-refractivity contribution in [1.29, 1.82) is 0 Å². The lowest BCUT2D eigenvalue weighted by molar-refractivity contribution is -0.147. The Kier molecular flexibility index (Phi) is 7.72. The van der Waals surface area contributed by atoms with Gasteiger partial charge in [0.2, 0.25) is 0 Å². The van der Waals surface area contributed by atoms with Crippen LogP contribution in [0.4, 0.5) is 4.39 Å². The van der Waals surface area contributed by atoms with Crippen LogP contribution in [0.2, 0.25) is 10.0 Å². The smallest absolute Gasteiger partial charge is 0.308 e. The van der Waals surface area contributed by atoms with Gasteiger partial charge in [0.15, 0.2) is 11.5 Å². The van der Waals surface area contributed by atoms with Crippen LogP contribution in [0.3, 0.4) is 0 Å². The molecular weight excluding hydrogens is 560 g/mol. The monoisotopic (exact) mass is 585 g/mol. The van der Waals surface area contributed by atoms with Gasteiger partial charge in [0, 0.05) is 40.3 Å². The molecule has 2 unspecified atom stereocenters. The highest BCUT2D eigenvalue weighted by atomic mass is 35.5. The van der Waals surface area contributed by atoms with Gasteiger partial charge in [-0.2, -0.15) is 0 Å². The molecule has 10 heteroatoms. The molecule has 0 saturated carbocycles. The lowest BCUT2D eigenvalue weighted by atomic mass is 9.86. The summed E-state index contributed by atoms with van der Waals surface area (Å²) in [6.45, 7) is 2.21. The number of carbonyl (C=O) groups excluding carboxylic acids is 2. The number of ketones is 1. The number of carboxylic acid groups (broad SMARTS) is 1. The zero-order valence-corrected chi connectivity index (χ0v) is 23.0. The Bertz CT molecular complexity index is 1470. The number of ether oxygens (including phenoxy) is 1. The van der Waals surface area contributed by atoms with E-state index in [4.69, 9.17) is 27.9 Å². The van der Waals surface area contributed by atoms with Crippen molar-refractivity contribution in [2.75, 3.05) is 13.2 Å². The third-order valence-corrected chi connectivity index (χ3v) is 8.22. The number of halogens is 3. The Morgan fingerprint density at radius 2 is 1.60 bits per heavy atom. The summed E-state index contributed by atoms with van der Waals surface area (Å²) in [6, 6.07) is 13.1. The van der Waals surface area contributed by atoms with E-state index in [2.05, 4.69) is 0 Å². The number of fused-ring (bicyclic) bond motifs is 1. The van der Waals surface area contributed by atoms with Gasteiger partial charge < -0.3 is 14.9 Å². The number of aliphatic hydroxyl groups is 1. The predicted molar refractivity (Wildman–Crippen MR) is 146 cm³/mol. The molecule has 7 nitrogen and oxygen atoms in total. The molecule has 0 radical (unpaired) electrons. The molecule has 1 fully saturated rings. The molecule has 5 rings (SSSR count). The SMILES string of the molecule is CC(C(=O)O)C(c1ccc(Cl)cc1)N1C(=O)c2cc(C(=O)C3CCOCC3)cc(F)c2[C@]1(O)c1ccc(Cl)cc1. The van der Waals surface area contributed by atoms with Gasteiger partial charge in [-0.25, -0.2) is 4.39 Å². The Morgan fingerprint density at radius 3 is 2.17 bits per heavy atom. The van der Waals surface area contributed by atoms with E-state index >= 15 is 4.39 Å². The predicted octanol–water partition coefficient (Wildman–Crippen LogP) is 5.85. The minimum absolute atomic E-state index is 0.00568. The highest BCUT2D eigenvalue weighted by molar-refractivity contribution is 6.30. The first kappa shape index (κ1) is 28.2. The van der Waals surface area contributed by atoms with E-state index in [1.807, 2.05) is 0 Å². The number of hydrogen-bond acceptors (Lipinski definition) is 5. The van der Waals surface area contributed by atoms with E-state index in [1.165, 1.54) is 37.3 Å². The summed E-state index contributed by atoms with van der Waals surface area (Å²) in [6.07, 6.45) is 0.947. The van der Waals surface area contributed by atoms with Gasteiger partial charge in [0.1, 0.15) is 5.82 Å². The number of amides is 1. The molecule has 1 amide bonds. The highest BCUT2D eigenvalue weighted by Crippen LogP contribution is 2.50. The van der Waals surface area contributed by atoms with Crippen LogP contribution < -0.4 is 0 Å². The van der Waals surface area contributed by atoms with Gasteiger partial charge in [-0.05, 0) is 61.7 Å². The number of rotatable bonds is 7. The van der Waals surface area contributed by atoms with Crippen molar-refractivity contribution >= 4 is 40.9 Å². The third-order valence-electron chi connectivity index (χ3n) is 7.71. The summed E-state index contributed by atoms with van der Waals surface area (Å²) in [4.78, 5) is 40.8. The minimum atomic E-state index is -2.42. The molecule has 0 bridgehead atoms. The van der Waals surface area contributed by atoms with Crippen LogP contribution in [0.5, 0.6) is 0 Å². The largest absolute Gasteiger partial charge is 0.481 e. The number of nitrogens with zero attached hydrogens (tertiary/aromatic N) is 1. The van der Waals surface area contributed by atoms with Gasteiger partial charge >= 0.3 is 5.97 Å². The zero-order chi connectivity index (χ0) is 28.8. The van der Waals surface area contributed by atoms with E-state index in [-0.39, 0.29) is 34.0 Å². The molecule has 2 N–H and O–H groups in total. The Hall–Kier alpha value is -3.30. The standard InChI is InChI=1S/C30H26Cl2FNO6/c1-16(29(37)38)26(17-2-6-21(31)7-3-17)34-28(36)23-14-19(27(35)18-10-12-40-13-11-18)15-24(33)25(23)30(34,39)20-4-8-22(32)9-5-20/h2-9,14-16,18,26,39H,10-13H2,1H3,(H,37,38)/t16?,26?,30-/m1/s1. The molecule has 3 aromatic rings. The van der Waals surface area contributed by atoms with Crippen LogP contribution in [0.25, 0.3) is 0 Å². The van der Waals surface area contributed by atoms with Crippen molar-refractivity contribution in [2.45, 2.75) is 31.5 Å². The van der Waals surface area contributed by atoms with Crippen molar-refractivity contribution in [3.05, 3.63) is 104 Å². The molecule has 208 valence electrons. The summed E-state index contributed by atoms with van der Waals surface area (Å²) >= 11 is 12.2. The zero-order valence-electron chi connectivity index (χ0n) is 21.4. The molecule has 3 aromatic carbocycles. The molecule has 3 atom stereocenters. The van der Waals surface area contributed by atoms with Crippen molar-refractivity contribution in [3.63, 3.8) is 0 Å². The molecule has 0 aromatic heterocycles. The summed E-state index contributed by atoms with van der Waals surface area (Å²) in [7, 11) is 0. The van der Waals surface area contributed by atoms with E-state index in [1.54, 1.807) is 24.3 Å². The third kappa shape index (κ3) is 4.79. The number of hydrogen-bond donors (Lipinski definition) is 2. The maximum Gasteiger partial charge on any atom is 0.308 e. The van der Waals surface area contributed by atoms with E-state index in [0.29, 0.717) is 41.7 Å². The molecular formula is C30H26Cl2FNO6. The van der Waals surface area contributed by atoms with Crippen LogP contribution >= 0.6 is 23.2 Å². The van der Waals surface area contributed by atoms with Crippen molar-refractivity contribution in [3.8, 4) is 0 Å². The molecule has 0 aliphatic carbocycles. The summed E-state index contributed by atoms with van der Waals surface area (Å²) in [5.74, 6) is -4.95. The van der Waals surface area contributed by atoms with E-state index in [9.17, 15) is 24.6 Å². The van der Waals surface area contributed by atoms with Gasteiger partial charge in [-0.1, -0.05) is 47.5 Å². The summed E-state index contributed by atoms with van der Waals surface area (Å²) in [5, 5.41) is 23.2. The van der Waals surface area contributed by atoms with Gasteiger partial charge in [0.05, 0.1) is 23.1 Å². The number of Topliss-reactive ketones (excluding diaryl/α,β-unsaturated/α-hetero) is 1. The Labute approximate surface area is 240 Å². The van der Waals surface area contributed by atoms with Crippen LogP contribution in [0, 0.1) is 17.7 Å². The quantitative estimate of drug-likeness (QED) is 0.337. The number of benzene rings is 3. The fourth-order valence-electron chi connectivity index (χ4n) is 5.61. The molecule has 2 aliphatic heterocycles. The molecule has 2 heterocycles. The first-order chi connectivity index (χ1) is 19.0. The molecule has 2 aliphatic rings. The van der Waals surface area contributed by atoms with E-state index < -0.39 is 35.4 Å². The molecule has 0 spiro atoms. The summed E-state index contributed by atoms with van der Waals surface area (Å²) in [5.41, 5.74) is -2.53. The first-order valence-corrected chi connectivity index (χ1v) is 13.6. The van der Waals surface area contributed by atoms with Gasteiger partial charge in [-0.15, -0.1) is 0 Å². The van der Waals surface area contributed by atoms with Gasteiger partial charge in [0.25, 0.3) is 5.91 Å². The summed E-state index contributed by atoms with van der Waals surface area (Å²) < 4.78 is 21.4. The number of carbonyl (C=O) groups is 3. The van der Waals surface area contributed by atoms with Crippen molar-refractivity contribution in [2.24, 2.45) is 11.8 Å². The first-order valence-electron chi connectivity index (χ1n) is 12.8. The number of aliphatic carboxylic acids is 1. The minimum Gasteiger partial charge on any atom is -0.481 e. The van der Waals surface area contributed by atoms with Crippen LogP contribution in [-0.2, 0) is 15.3 Å². The maximum absolute atomic E-state index is 16.1. The van der Waals surface area contributed by atoms with Crippen molar-refractivity contribution in [1.82, 2.24) is 4.90 Å². The van der Waals surface area contributed by atoms with Crippen LogP contribution in [0.1, 0.15) is 63.2 Å². The topological polar surface area (TPSA) is 104 Å². The Balaban J connectivity index is 1.73. The average Bonchev–Trinajstić information content (AvgIpc) is 3.17. The fourth-order valence-corrected chi connectivity index (χ4v) is 5.87. The van der Waals surface area contributed by atoms with Crippen molar-refractivity contribution < 1.29 is 33.7 Å². The highest BCUT2D eigenvalue weighted by Gasteiger charge is 2.56. The second kappa shape index (κ2) is 10.9.